The Morgan fingerprint density at radius 1 is 1.17 bits per heavy atom. The normalized spacial score (nSPS) is 15.6. The Bertz CT molecular complexity index is 992. The zero-order valence-electron chi connectivity index (χ0n) is 15.9. The molecular formula is C19H21N3O6S. The second kappa shape index (κ2) is 9.01. The van der Waals surface area contributed by atoms with Crippen LogP contribution < -0.4 is 0 Å². The Labute approximate surface area is 168 Å². The second-order valence-corrected chi connectivity index (χ2v) is 8.27. The fraction of sp³-hybridized carbons (Fsp3) is 0.316. The molecule has 0 bridgehead atoms. The Morgan fingerprint density at radius 3 is 2.48 bits per heavy atom. The zero-order chi connectivity index (χ0) is 20.9. The Kier molecular flexibility index (Phi) is 6.45. The summed E-state index contributed by atoms with van der Waals surface area (Å²) in [7, 11) is -3.58. The molecule has 1 aliphatic rings. The lowest BCUT2D eigenvalue weighted by atomic mass is 10.2. The lowest BCUT2D eigenvalue weighted by molar-refractivity contribution is -0.135. The molecule has 29 heavy (non-hydrogen) atoms. The van der Waals surface area contributed by atoms with Gasteiger partial charge in [-0.05, 0) is 18.6 Å². The number of aromatic nitrogens is 1. The predicted molar refractivity (Wildman–Crippen MR) is 104 cm³/mol. The fourth-order valence-electron chi connectivity index (χ4n) is 2.76. The lowest BCUT2D eigenvalue weighted by Crippen LogP contribution is -2.51. The van der Waals surface area contributed by atoms with Gasteiger partial charge in [0.1, 0.15) is 0 Å². The van der Waals surface area contributed by atoms with Gasteiger partial charge in [0, 0.05) is 37.7 Å². The van der Waals surface area contributed by atoms with Gasteiger partial charge in [-0.3, -0.25) is 4.79 Å². The highest BCUT2D eigenvalue weighted by atomic mass is 32.2. The number of piperazine rings is 1. The number of benzene rings is 1. The Morgan fingerprint density at radius 2 is 1.86 bits per heavy atom. The summed E-state index contributed by atoms with van der Waals surface area (Å²) in [5, 5.41) is 4.75. The largest absolute Gasteiger partial charge is 0.450 e. The van der Waals surface area contributed by atoms with Gasteiger partial charge in [-0.2, -0.15) is 4.31 Å². The van der Waals surface area contributed by atoms with E-state index in [0.717, 1.165) is 5.56 Å². The van der Waals surface area contributed by atoms with Crippen LogP contribution >= 0.6 is 0 Å². The number of rotatable bonds is 6. The number of carbonyl (C=O) groups excluding carboxylic acids is 2. The highest BCUT2D eigenvalue weighted by Gasteiger charge is 2.28. The van der Waals surface area contributed by atoms with Crippen molar-refractivity contribution < 1.29 is 27.3 Å². The van der Waals surface area contributed by atoms with E-state index in [-0.39, 0.29) is 31.9 Å². The van der Waals surface area contributed by atoms with E-state index in [0.29, 0.717) is 5.69 Å². The van der Waals surface area contributed by atoms with E-state index in [4.69, 9.17) is 9.26 Å². The van der Waals surface area contributed by atoms with E-state index < -0.39 is 28.5 Å². The summed E-state index contributed by atoms with van der Waals surface area (Å²) in [5.41, 5.74) is 1.32. The molecule has 9 nitrogen and oxygen atoms in total. The summed E-state index contributed by atoms with van der Waals surface area (Å²) in [6.45, 7) is 1.99. The molecule has 2 heterocycles. The Hall–Kier alpha value is -2.98. The van der Waals surface area contributed by atoms with Crippen LogP contribution in [-0.2, 0) is 19.6 Å². The molecule has 1 fully saturated rings. The summed E-state index contributed by atoms with van der Waals surface area (Å²) >= 11 is 0. The van der Waals surface area contributed by atoms with Crippen LogP contribution in [0.5, 0.6) is 0 Å². The van der Waals surface area contributed by atoms with Gasteiger partial charge >= 0.3 is 5.97 Å². The number of hydrogen-bond donors (Lipinski definition) is 0. The maximum absolute atomic E-state index is 12.5. The van der Waals surface area contributed by atoms with Crippen LogP contribution in [-0.4, -0.2) is 67.4 Å². The standard InChI is InChI=1S/C19H21N3O6S/c1-15-13-17(28-20-15)19(24)27-14-18(23)21-8-10-22(11-9-21)29(25,26)12-7-16-5-3-2-4-6-16/h2-7,12-13H,8-11,14H2,1H3/b12-7+. The molecule has 0 aliphatic carbocycles. The number of carbonyl (C=O) groups is 2. The first-order valence-corrected chi connectivity index (χ1v) is 10.5. The smallest absolute Gasteiger partial charge is 0.377 e. The molecular weight excluding hydrogens is 398 g/mol. The first kappa shape index (κ1) is 20.7. The van der Waals surface area contributed by atoms with Gasteiger partial charge in [-0.25, -0.2) is 13.2 Å². The maximum Gasteiger partial charge on any atom is 0.377 e. The number of aryl methyl sites for hydroxylation is 1. The topological polar surface area (TPSA) is 110 Å². The second-order valence-electron chi connectivity index (χ2n) is 6.45. The molecule has 0 atom stereocenters. The van der Waals surface area contributed by atoms with Gasteiger partial charge in [-0.15, -0.1) is 0 Å². The van der Waals surface area contributed by atoms with Gasteiger partial charge in [0.05, 0.1) is 5.69 Å². The highest BCUT2D eigenvalue weighted by molar-refractivity contribution is 7.92. The van der Waals surface area contributed by atoms with Crippen molar-refractivity contribution in [3.63, 3.8) is 0 Å². The van der Waals surface area contributed by atoms with Crippen LogP contribution in [0.2, 0.25) is 0 Å². The lowest BCUT2D eigenvalue weighted by Gasteiger charge is -2.33. The third-order valence-corrected chi connectivity index (χ3v) is 5.90. The van der Waals surface area contributed by atoms with Gasteiger partial charge in [0.2, 0.25) is 15.8 Å². The van der Waals surface area contributed by atoms with Crippen molar-refractivity contribution in [1.82, 2.24) is 14.4 Å². The monoisotopic (exact) mass is 419 g/mol. The summed E-state index contributed by atoms with van der Waals surface area (Å²) in [6.07, 6.45) is 1.54. The molecule has 2 aromatic rings. The minimum Gasteiger partial charge on any atom is -0.450 e. The number of nitrogens with zero attached hydrogens (tertiary/aromatic N) is 3. The molecule has 10 heteroatoms. The number of ether oxygens (including phenoxy) is 1. The van der Waals surface area contributed by atoms with Crippen molar-refractivity contribution >= 4 is 28.0 Å². The van der Waals surface area contributed by atoms with Crippen LogP contribution in [0.15, 0.2) is 46.3 Å². The quantitative estimate of drug-likeness (QED) is 0.649. The minimum absolute atomic E-state index is 0.0728. The number of esters is 1. The summed E-state index contributed by atoms with van der Waals surface area (Å²) in [5.74, 6) is -1.24. The van der Waals surface area contributed by atoms with E-state index in [1.54, 1.807) is 6.92 Å². The van der Waals surface area contributed by atoms with Gasteiger partial charge in [0.25, 0.3) is 5.91 Å². The van der Waals surface area contributed by atoms with E-state index in [9.17, 15) is 18.0 Å². The number of hydrogen-bond acceptors (Lipinski definition) is 7. The SMILES string of the molecule is Cc1cc(C(=O)OCC(=O)N2CCN(S(=O)(=O)/C=C/c3ccccc3)CC2)on1. The van der Waals surface area contributed by atoms with Gasteiger partial charge in [0.15, 0.2) is 6.61 Å². The van der Waals surface area contributed by atoms with Crippen LogP contribution in [0.1, 0.15) is 21.8 Å². The first-order valence-electron chi connectivity index (χ1n) is 8.97. The molecule has 1 aliphatic heterocycles. The van der Waals surface area contributed by atoms with E-state index in [1.807, 2.05) is 30.3 Å². The average molecular weight is 419 g/mol. The van der Waals surface area contributed by atoms with Crippen molar-refractivity contribution in [1.29, 1.82) is 0 Å². The summed E-state index contributed by atoms with van der Waals surface area (Å²) < 4.78 is 35.9. The van der Waals surface area contributed by atoms with Gasteiger partial charge < -0.3 is 14.2 Å². The molecule has 0 N–H and O–H groups in total. The van der Waals surface area contributed by atoms with Crippen molar-refractivity contribution in [2.75, 3.05) is 32.8 Å². The molecule has 0 saturated carbocycles. The van der Waals surface area contributed by atoms with Crippen LogP contribution in [0, 0.1) is 6.92 Å². The first-order chi connectivity index (χ1) is 13.8. The molecule has 0 radical (unpaired) electrons. The molecule has 1 saturated heterocycles. The number of sulfonamides is 1. The van der Waals surface area contributed by atoms with E-state index >= 15 is 0 Å². The summed E-state index contributed by atoms with van der Waals surface area (Å²) in [4.78, 5) is 25.5. The molecule has 0 unspecified atom stereocenters. The third kappa shape index (κ3) is 5.52. The molecule has 0 spiro atoms. The molecule has 1 amide bonds. The molecule has 1 aromatic carbocycles. The van der Waals surface area contributed by atoms with Crippen molar-refractivity contribution in [2.45, 2.75) is 6.92 Å². The van der Waals surface area contributed by atoms with E-state index in [1.165, 1.54) is 26.8 Å². The molecule has 3 rings (SSSR count). The maximum atomic E-state index is 12.5. The number of amides is 1. The zero-order valence-corrected chi connectivity index (χ0v) is 16.7. The van der Waals surface area contributed by atoms with Crippen molar-refractivity contribution in [3.8, 4) is 0 Å². The fourth-order valence-corrected chi connectivity index (χ4v) is 3.93. The van der Waals surface area contributed by atoms with Crippen LogP contribution in [0.4, 0.5) is 0 Å². The van der Waals surface area contributed by atoms with Crippen LogP contribution in [0.3, 0.4) is 0 Å². The Balaban J connectivity index is 1.48. The van der Waals surface area contributed by atoms with Gasteiger partial charge in [-0.1, -0.05) is 35.5 Å². The minimum atomic E-state index is -3.58. The highest BCUT2D eigenvalue weighted by Crippen LogP contribution is 2.12. The summed E-state index contributed by atoms with van der Waals surface area (Å²) in [6, 6.07) is 10.5. The van der Waals surface area contributed by atoms with Crippen molar-refractivity contribution in [3.05, 3.63) is 58.8 Å². The van der Waals surface area contributed by atoms with Crippen LogP contribution in [0.25, 0.3) is 6.08 Å². The predicted octanol–water partition coefficient (Wildman–Crippen LogP) is 1.28. The van der Waals surface area contributed by atoms with E-state index in [2.05, 4.69) is 5.16 Å². The molecule has 1 aromatic heterocycles. The average Bonchev–Trinajstić information content (AvgIpc) is 3.17. The molecule has 154 valence electrons. The third-order valence-electron chi connectivity index (χ3n) is 4.34. The van der Waals surface area contributed by atoms with Crippen molar-refractivity contribution in [2.24, 2.45) is 0 Å².